The van der Waals surface area contributed by atoms with Crippen molar-refractivity contribution in [1.82, 2.24) is 0 Å². The van der Waals surface area contributed by atoms with Gasteiger partial charge in [-0.1, -0.05) is 26.0 Å². The first kappa shape index (κ1) is 17.3. The molecule has 5 heteroatoms. The van der Waals surface area contributed by atoms with Gasteiger partial charge in [0, 0.05) is 12.1 Å². The van der Waals surface area contributed by atoms with Crippen molar-refractivity contribution in [3.05, 3.63) is 53.1 Å². The number of nitrogens with two attached hydrogens (primary N) is 1. The van der Waals surface area contributed by atoms with E-state index in [1.54, 1.807) is 6.07 Å². The molecule has 0 aliphatic rings. The normalized spacial score (nSPS) is 11.8. The molecule has 0 heterocycles. The minimum Gasteiger partial charge on any atom is -0.496 e. The van der Waals surface area contributed by atoms with Gasteiger partial charge in [-0.3, -0.25) is 0 Å². The van der Waals surface area contributed by atoms with E-state index in [4.69, 9.17) is 10.5 Å². The Bertz CT molecular complexity index is 693. The van der Waals surface area contributed by atoms with Gasteiger partial charge in [-0.15, -0.1) is 0 Å². The molecular weight excluding hydrogens is 303 g/mol. The van der Waals surface area contributed by atoms with E-state index in [0.717, 1.165) is 17.7 Å². The first-order chi connectivity index (χ1) is 10.8. The van der Waals surface area contributed by atoms with Gasteiger partial charge >= 0.3 is 6.18 Å². The van der Waals surface area contributed by atoms with Gasteiger partial charge in [0.25, 0.3) is 0 Å². The van der Waals surface area contributed by atoms with Gasteiger partial charge < -0.3 is 10.5 Å². The molecule has 0 saturated carbocycles. The quantitative estimate of drug-likeness (QED) is 0.863. The van der Waals surface area contributed by atoms with E-state index < -0.39 is 11.7 Å². The van der Waals surface area contributed by atoms with Crippen molar-refractivity contribution in [3.8, 4) is 16.9 Å². The summed E-state index contributed by atoms with van der Waals surface area (Å²) in [4.78, 5) is 0. The summed E-state index contributed by atoms with van der Waals surface area (Å²) in [6, 6.07) is 9.21. The summed E-state index contributed by atoms with van der Waals surface area (Å²) in [5, 5.41) is 0. The maximum absolute atomic E-state index is 13.0. The van der Waals surface area contributed by atoms with Gasteiger partial charge in [-0.2, -0.15) is 13.2 Å². The van der Waals surface area contributed by atoms with Crippen molar-refractivity contribution < 1.29 is 17.9 Å². The summed E-state index contributed by atoms with van der Waals surface area (Å²) in [5.74, 6) is 0.787. The van der Waals surface area contributed by atoms with Crippen molar-refractivity contribution in [2.75, 3.05) is 7.11 Å². The highest BCUT2D eigenvalue weighted by molar-refractivity contribution is 5.75. The second-order valence-corrected chi connectivity index (χ2v) is 5.69. The Morgan fingerprint density at radius 1 is 1.04 bits per heavy atom. The SMILES string of the molecule is COc1ccc(C(C)C)cc1-c1cc(C(F)(F)F)ccc1CN. The van der Waals surface area contributed by atoms with Gasteiger partial charge in [0.15, 0.2) is 0 Å². The summed E-state index contributed by atoms with van der Waals surface area (Å²) in [6.07, 6.45) is -4.40. The lowest BCUT2D eigenvalue weighted by Gasteiger charge is -2.17. The molecule has 0 radical (unpaired) electrons. The Morgan fingerprint density at radius 2 is 1.74 bits per heavy atom. The van der Waals surface area contributed by atoms with Crippen LogP contribution < -0.4 is 10.5 Å². The van der Waals surface area contributed by atoms with Crippen LogP contribution in [0.5, 0.6) is 5.75 Å². The van der Waals surface area contributed by atoms with Crippen LogP contribution in [0.15, 0.2) is 36.4 Å². The van der Waals surface area contributed by atoms with E-state index in [2.05, 4.69) is 0 Å². The van der Waals surface area contributed by atoms with Gasteiger partial charge in [-0.25, -0.2) is 0 Å². The smallest absolute Gasteiger partial charge is 0.416 e. The molecule has 0 bridgehead atoms. The lowest BCUT2D eigenvalue weighted by atomic mass is 9.92. The minimum absolute atomic E-state index is 0.155. The van der Waals surface area contributed by atoms with Gasteiger partial charge in [-0.05, 0) is 46.9 Å². The molecule has 0 fully saturated rings. The van der Waals surface area contributed by atoms with Crippen molar-refractivity contribution >= 4 is 0 Å². The van der Waals surface area contributed by atoms with Gasteiger partial charge in [0.1, 0.15) is 5.75 Å². The van der Waals surface area contributed by atoms with E-state index in [1.807, 2.05) is 26.0 Å². The van der Waals surface area contributed by atoms with Crippen molar-refractivity contribution in [1.29, 1.82) is 0 Å². The van der Waals surface area contributed by atoms with Crippen LogP contribution in [0, 0.1) is 0 Å². The number of rotatable bonds is 4. The molecule has 0 aliphatic carbocycles. The van der Waals surface area contributed by atoms with Crippen LogP contribution in [0.25, 0.3) is 11.1 Å². The number of halogens is 3. The zero-order valence-corrected chi connectivity index (χ0v) is 13.4. The third-order valence-electron chi connectivity index (χ3n) is 3.84. The fourth-order valence-corrected chi connectivity index (χ4v) is 2.48. The number of ether oxygens (including phenoxy) is 1. The molecule has 0 unspecified atom stereocenters. The molecule has 0 atom stereocenters. The second kappa shape index (κ2) is 6.62. The van der Waals surface area contributed by atoms with Crippen LogP contribution in [0.3, 0.4) is 0 Å². The van der Waals surface area contributed by atoms with E-state index in [1.165, 1.54) is 13.2 Å². The van der Waals surface area contributed by atoms with Crippen molar-refractivity contribution in [3.63, 3.8) is 0 Å². The standard InChI is InChI=1S/C18H20F3NO/c1-11(2)12-5-7-17(23-3)16(8-12)15-9-14(18(19,20)21)6-4-13(15)10-22/h4-9,11H,10,22H2,1-3H3. The van der Waals surface area contributed by atoms with Gasteiger partial charge in [0.05, 0.1) is 12.7 Å². The molecule has 2 nitrogen and oxygen atoms in total. The van der Waals surface area contributed by atoms with E-state index in [-0.39, 0.29) is 12.5 Å². The Hall–Kier alpha value is -2.01. The molecular formula is C18H20F3NO. The maximum atomic E-state index is 13.0. The van der Waals surface area contributed by atoms with Crippen LogP contribution in [-0.2, 0) is 12.7 Å². The number of benzene rings is 2. The molecule has 2 rings (SSSR count). The third-order valence-corrected chi connectivity index (χ3v) is 3.84. The Labute approximate surface area is 134 Å². The molecule has 2 aromatic carbocycles. The van der Waals surface area contributed by atoms with Crippen LogP contribution in [0.4, 0.5) is 13.2 Å². The number of alkyl halides is 3. The van der Waals surface area contributed by atoms with Crippen LogP contribution in [0.1, 0.15) is 36.5 Å². The highest BCUT2D eigenvalue weighted by atomic mass is 19.4. The molecule has 2 aromatic rings. The lowest BCUT2D eigenvalue weighted by molar-refractivity contribution is -0.137. The molecule has 2 N–H and O–H groups in total. The van der Waals surface area contributed by atoms with Crippen molar-refractivity contribution in [2.45, 2.75) is 32.5 Å². The summed E-state index contributed by atoms with van der Waals surface area (Å²) < 4.78 is 44.5. The first-order valence-corrected chi connectivity index (χ1v) is 7.36. The molecule has 0 aliphatic heterocycles. The summed E-state index contributed by atoms with van der Waals surface area (Å²) >= 11 is 0. The fraction of sp³-hybridized carbons (Fsp3) is 0.333. The molecule has 0 amide bonds. The lowest BCUT2D eigenvalue weighted by Crippen LogP contribution is -2.07. The monoisotopic (exact) mass is 323 g/mol. The third kappa shape index (κ3) is 3.67. The molecule has 0 saturated heterocycles. The average Bonchev–Trinajstić information content (AvgIpc) is 2.52. The molecule has 0 aromatic heterocycles. The second-order valence-electron chi connectivity index (χ2n) is 5.69. The zero-order chi connectivity index (χ0) is 17.2. The molecule has 0 spiro atoms. The number of hydrogen-bond donors (Lipinski definition) is 1. The van der Waals surface area contributed by atoms with Crippen molar-refractivity contribution in [2.24, 2.45) is 5.73 Å². The van der Waals surface area contributed by atoms with E-state index in [9.17, 15) is 13.2 Å². The topological polar surface area (TPSA) is 35.2 Å². The fourth-order valence-electron chi connectivity index (χ4n) is 2.48. The van der Waals surface area contributed by atoms with Gasteiger partial charge in [0.2, 0.25) is 0 Å². The Balaban J connectivity index is 2.70. The van der Waals surface area contributed by atoms with E-state index in [0.29, 0.717) is 22.4 Å². The summed E-state index contributed by atoms with van der Waals surface area (Å²) in [5.41, 5.74) is 7.79. The largest absolute Gasteiger partial charge is 0.496 e. The molecule has 124 valence electrons. The van der Waals surface area contributed by atoms with E-state index >= 15 is 0 Å². The maximum Gasteiger partial charge on any atom is 0.416 e. The van der Waals surface area contributed by atoms with Crippen LogP contribution in [0.2, 0.25) is 0 Å². The highest BCUT2D eigenvalue weighted by Gasteiger charge is 2.31. The van der Waals surface area contributed by atoms with Crippen LogP contribution >= 0.6 is 0 Å². The zero-order valence-electron chi connectivity index (χ0n) is 13.4. The average molecular weight is 323 g/mol. The summed E-state index contributed by atoms with van der Waals surface area (Å²) in [7, 11) is 1.50. The summed E-state index contributed by atoms with van der Waals surface area (Å²) in [6.45, 7) is 4.21. The highest BCUT2D eigenvalue weighted by Crippen LogP contribution is 2.38. The first-order valence-electron chi connectivity index (χ1n) is 7.36. The molecule has 23 heavy (non-hydrogen) atoms. The number of methoxy groups -OCH3 is 1. The predicted octanol–water partition coefficient (Wildman–Crippen LogP) is 4.96. The number of hydrogen-bond acceptors (Lipinski definition) is 2. The Kier molecular flexibility index (Phi) is 5.00. The Morgan fingerprint density at radius 3 is 2.26 bits per heavy atom. The minimum atomic E-state index is -4.40. The van der Waals surface area contributed by atoms with Crippen LogP contribution in [-0.4, -0.2) is 7.11 Å². The predicted molar refractivity (Wildman–Crippen MR) is 85.4 cm³/mol.